The van der Waals surface area contributed by atoms with Gasteiger partial charge in [-0.15, -0.1) is 0 Å². The van der Waals surface area contributed by atoms with E-state index < -0.39 is 0 Å². The molecule has 4 nitrogen and oxygen atoms in total. The third kappa shape index (κ3) is 3.26. The van der Waals surface area contributed by atoms with E-state index in [2.05, 4.69) is 11.9 Å². The second-order valence-corrected chi connectivity index (χ2v) is 6.34. The molecule has 0 aliphatic heterocycles. The molecule has 0 radical (unpaired) electrons. The fraction of sp³-hybridized carbons (Fsp3) is 0.0588. The highest BCUT2D eigenvalue weighted by molar-refractivity contribution is 6.44. The Balaban J connectivity index is 1.86. The average Bonchev–Trinajstić information content (AvgIpc) is 2.90. The van der Waals surface area contributed by atoms with Gasteiger partial charge in [0.2, 0.25) is 6.33 Å². The van der Waals surface area contributed by atoms with Crippen LogP contribution in [0.25, 0.3) is 17.2 Å². The summed E-state index contributed by atoms with van der Waals surface area (Å²) in [5, 5.41) is 3.74. The molecule has 0 spiro atoms. The first-order valence-electron chi connectivity index (χ1n) is 7.05. The summed E-state index contributed by atoms with van der Waals surface area (Å²) in [6.07, 6.45) is 3.50. The molecule has 1 aromatic heterocycles. The first-order valence-corrected chi connectivity index (χ1v) is 8.19. The zero-order valence-corrected chi connectivity index (χ0v) is 14.7. The first kappa shape index (κ1) is 16.8. The standard InChI is InChI=1S/C17H12Cl3N3O/c1-2-22-10-23(16-6-4-3-5-15(16)22)9-17(24)21-14-8-12(19)11(18)7-13(14)20/h2-8,10H,1,9H2/p+1. The van der Waals surface area contributed by atoms with E-state index in [1.54, 1.807) is 6.20 Å². The number of aromatic nitrogens is 2. The van der Waals surface area contributed by atoms with E-state index in [0.29, 0.717) is 20.8 Å². The van der Waals surface area contributed by atoms with E-state index >= 15 is 0 Å². The highest BCUT2D eigenvalue weighted by atomic mass is 35.5. The van der Waals surface area contributed by atoms with Crippen molar-refractivity contribution in [2.75, 3.05) is 5.32 Å². The van der Waals surface area contributed by atoms with Gasteiger partial charge in [0.1, 0.15) is 0 Å². The number of carbonyl (C=O) groups excluding carboxylic acids is 1. The van der Waals surface area contributed by atoms with Gasteiger partial charge < -0.3 is 5.32 Å². The van der Waals surface area contributed by atoms with Crippen LogP contribution in [-0.2, 0) is 11.3 Å². The van der Waals surface area contributed by atoms with Gasteiger partial charge in [0.05, 0.1) is 27.0 Å². The van der Waals surface area contributed by atoms with Crippen LogP contribution in [0.5, 0.6) is 0 Å². The molecule has 0 saturated carbocycles. The van der Waals surface area contributed by atoms with Crippen LogP contribution in [0.3, 0.4) is 0 Å². The quantitative estimate of drug-likeness (QED) is 0.519. The number of imidazole rings is 1. The minimum atomic E-state index is -0.229. The molecule has 1 heterocycles. The lowest BCUT2D eigenvalue weighted by molar-refractivity contribution is -0.658. The van der Waals surface area contributed by atoms with Crippen LogP contribution in [0.4, 0.5) is 5.69 Å². The minimum absolute atomic E-state index is 0.123. The molecule has 122 valence electrons. The monoisotopic (exact) mass is 380 g/mol. The number of hydrogen-bond acceptors (Lipinski definition) is 1. The van der Waals surface area contributed by atoms with Gasteiger partial charge in [0, 0.05) is 0 Å². The molecule has 1 amide bonds. The second-order valence-electron chi connectivity index (χ2n) is 5.12. The highest BCUT2D eigenvalue weighted by Crippen LogP contribution is 2.32. The van der Waals surface area contributed by atoms with Crippen LogP contribution in [0, 0.1) is 0 Å². The average molecular weight is 382 g/mol. The zero-order chi connectivity index (χ0) is 17.3. The molecular weight excluding hydrogens is 369 g/mol. The Bertz CT molecular complexity index is 950. The number of nitrogens with one attached hydrogen (secondary N) is 1. The third-order valence-corrected chi connectivity index (χ3v) is 4.56. The molecule has 0 saturated heterocycles. The number of amides is 1. The van der Waals surface area contributed by atoms with E-state index in [-0.39, 0.29) is 12.5 Å². The summed E-state index contributed by atoms with van der Waals surface area (Å²) in [4.78, 5) is 12.4. The summed E-state index contributed by atoms with van der Waals surface area (Å²) >= 11 is 17.9. The molecule has 0 aliphatic rings. The van der Waals surface area contributed by atoms with E-state index in [9.17, 15) is 4.79 Å². The van der Waals surface area contributed by atoms with Crippen LogP contribution in [0.15, 0.2) is 49.3 Å². The van der Waals surface area contributed by atoms with Gasteiger partial charge in [-0.25, -0.2) is 9.13 Å². The molecule has 2 aromatic carbocycles. The molecule has 0 bridgehead atoms. The molecule has 0 fully saturated rings. The van der Waals surface area contributed by atoms with Gasteiger partial charge in [-0.1, -0.05) is 53.5 Å². The lowest BCUT2D eigenvalue weighted by Gasteiger charge is -2.08. The molecular formula is C17H13Cl3N3O+. The number of rotatable bonds is 4. The Kier molecular flexibility index (Phi) is 4.81. The van der Waals surface area contributed by atoms with Crippen molar-refractivity contribution in [1.29, 1.82) is 0 Å². The summed E-state index contributed by atoms with van der Waals surface area (Å²) in [6.45, 7) is 3.90. The van der Waals surface area contributed by atoms with Crippen molar-refractivity contribution in [2.45, 2.75) is 6.54 Å². The molecule has 3 rings (SSSR count). The third-order valence-electron chi connectivity index (χ3n) is 3.53. The van der Waals surface area contributed by atoms with Crippen molar-refractivity contribution in [2.24, 2.45) is 0 Å². The minimum Gasteiger partial charge on any atom is -0.321 e. The van der Waals surface area contributed by atoms with Crippen molar-refractivity contribution < 1.29 is 9.36 Å². The number of para-hydroxylation sites is 2. The van der Waals surface area contributed by atoms with Gasteiger partial charge in [0.25, 0.3) is 5.91 Å². The molecule has 0 aliphatic carbocycles. The Morgan fingerprint density at radius 3 is 2.62 bits per heavy atom. The fourth-order valence-electron chi connectivity index (χ4n) is 2.43. The Morgan fingerprint density at radius 1 is 1.17 bits per heavy atom. The van der Waals surface area contributed by atoms with E-state index in [0.717, 1.165) is 11.0 Å². The van der Waals surface area contributed by atoms with Gasteiger partial charge >= 0.3 is 0 Å². The van der Waals surface area contributed by atoms with Gasteiger partial charge in [-0.2, -0.15) is 0 Å². The summed E-state index contributed by atoms with van der Waals surface area (Å²) in [5.41, 5.74) is 2.31. The first-order chi connectivity index (χ1) is 11.5. The predicted octanol–water partition coefficient (Wildman–Crippen LogP) is 4.63. The molecule has 7 heteroatoms. The largest absolute Gasteiger partial charge is 0.321 e. The highest BCUT2D eigenvalue weighted by Gasteiger charge is 2.17. The molecule has 0 atom stereocenters. The molecule has 3 aromatic rings. The molecule has 0 unspecified atom stereocenters. The van der Waals surface area contributed by atoms with E-state index in [4.69, 9.17) is 34.8 Å². The summed E-state index contributed by atoms with van der Waals surface area (Å²) in [6, 6.07) is 10.8. The van der Waals surface area contributed by atoms with Crippen LogP contribution in [-0.4, -0.2) is 10.5 Å². The maximum absolute atomic E-state index is 12.4. The van der Waals surface area contributed by atoms with Crippen LogP contribution in [0.1, 0.15) is 0 Å². The number of benzene rings is 2. The summed E-state index contributed by atoms with van der Waals surface area (Å²) in [7, 11) is 0. The zero-order valence-electron chi connectivity index (χ0n) is 12.5. The maximum Gasteiger partial charge on any atom is 0.266 e. The second kappa shape index (κ2) is 6.85. The topological polar surface area (TPSA) is 37.9 Å². The van der Waals surface area contributed by atoms with Crippen molar-refractivity contribution in [1.82, 2.24) is 4.57 Å². The number of halogens is 3. The SMILES string of the molecule is C=Cn1c[n+](CC(=O)Nc2cc(Cl)c(Cl)cc2Cl)c2ccccc21. The van der Waals surface area contributed by atoms with Crippen molar-refractivity contribution >= 4 is 63.6 Å². The normalized spacial score (nSPS) is 10.8. The van der Waals surface area contributed by atoms with Gasteiger partial charge in [-0.05, 0) is 24.3 Å². The summed E-state index contributed by atoms with van der Waals surface area (Å²) < 4.78 is 3.69. The molecule has 1 N–H and O–H groups in total. The lowest BCUT2D eigenvalue weighted by Crippen LogP contribution is -2.39. The van der Waals surface area contributed by atoms with Crippen molar-refractivity contribution in [3.05, 3.63) is 64.4 Å². The van der Waals surface area contributed by atoms with E-state index in [1.165, 1.54) is 12.1 Å². The van der Waals surface area contributed by atoms with Crippen molar-refractivity contribution in [3.63, 3.8) is 0 Å². The molecule has 24 heavy (non-hydrogen) atoms. The van der Waals surface area contributed by atoms with E-state index in [1.807, 2.05) is 39.7 Å². The lowest BCUT2D eigenvalue weighted by atomic mass is 10.3. The number of hydrogen-bond donors (Lipinski definition) is 1. The van der Waals surface area contributed by atoms with Crippen molar-refractivity contribution in [3.8, 4) is 0 Å². The number of anilines is 1. The summed E-state index contributed by atoms with van der Waals surface area (Å²) in [5.74, 6) is -0.229. The maximum atomic E-state index is 12.4. The fourth-order valence-corrected chi connectivity index (χ4v) is 3.03. The number of nitrogens with zero attached hydrogens (tertiary/aromatic N) is 2. The Morgan fingerprint density at radius 2 is 1.88 bits per heavy atom. The van der Waals surface area contributed by atoms with Gasteiger partial charge in [0.15, 0.2) is 17.6 Å². The van der Waals surface area contributed by atoms with Crippen LogP contribution in [0.2, 0.25) is 15.1 Å². The van der Waals surface area contributed by atoms with Gasteiger partial charge in [-0.3, -0.25) is 4.79 Å². The van der Waals surface area contributed by atoms with Crippen LogP contribution < -0.4 is 9.88 Å². The Hall–Kier alpha value is -2.01. The number of carbonyl (C=O) groups is 1. The predicted molar refractivity (Wildman–Crippen MR) is 98.6 cm³/mol. The smallest absolute Gasteiger partial charge is 0.266 e. The number of fused-ring (bicyclic) bond motifs is 1. The van der Waals surface area contributed by atoms with Crippen LogP contribution >= 0.6 is 34.8 Å². The Labute approximate surface area is 153 Å².